The molecule has 144 valence electrons. The number of amides is 1. The van der Waals surface area contributed by atoms with Crippen LogP contribution in [0, 0.1) is 6.92 Å². The van der Waals surface area contributed by atoms with Crippen molar-refractivity contribution in [3.8, 4) is 17.1 Å². The lowest BCUT2D eigenvalue weighted by molar-refractivity contribution is 0.101. The molecule has 0 fully saturated rings. The van der Waals surface area contributed by atoms with Crippen LogP contribution < -0.4 is 5.32 Å². The van der Waals surface area contributed by atoms with Gasteiger partial charge in [-0.1, -0.05) is 57.4 Å². The summed E-state index contributed by atoms with van der Waals surface area (Å²) in [6.45, 7) is 2.02. The summed E-state index contributed by atoms with van der Waals surface area (Å²) in [5.41, 5.74) is 3.44. The Labute approximate surface area is 181 Å². The fourth-order valence-electron chi connectivity index (χ4n) is 2.78. The minimum absolute atomic E-state index is 0.0819. The van der Waals surface area contributed by atoms with Gasteiger partial charge in [0, 0.05) is 20.7 Å². The molecule has 3 aromatic carbocycles. The number of rotatable bonds is 4. The van der Waals surface area contributed by atoms with E-state index in [-0.39, 0.29) is 5.82 Å². The van der Waals surface area contributed by atoms with E-state index in [9.17, 15) is 4.79 Å². The van der Waals surface area contributed by atoms with Gasteiger partial charge in [-0.3, -0.25) is 4.79 Å². The van der Waals surface area contributed by atoms with Crippen LogP contribution in [0.3, 0.4) is 0 Å². The second-order valence-electron chi connectivity index (χ2n) is 6.47. The number of aromatic nitrogens is 3. The molecule has 0 aliphatic carbocycles. The van der Waals surface area contributed by atoms with Gasteiger partial charge in [-0.2, -0.15) is 0 Å². The number of carbonyl (C=O) groups is 1. The number of nitrogens with one attached hydrogen (secondary N) is 1. The normalized spacial score (nSPS) is 10.7. The van der Waals surface area contributed by atoms with E-state index in [4.69, 9.17) is 11.6 Å². The Morgan fingerprint density at radius 3 is 2.28 bits per heavy atom. The number of hydrogen-bond acceptors (Lipinski definition) is 3. The summed E-state index contributed by atoms with van der Waals surface area (Å²) in [7, 11) is 0. The van der Waals surface area contributed by atoms with E-state index >= 15 is 0 Å². The third kappa shape index (κ3) is 4.39. The van der Waals surface area contributed by atoms with E-state index < -0.39 is 5.91 Å². The van der Waals surface area contributed by atoms with Crippen molar-refractivity contribution in [3.05, 3.63) is 93.7 Å². The zero-order valence-electron chi connectivity index (χ0n) is 15.4. The van der Waals surface area contributed by atoms with E-state index in [1.807, 2.05) is 55.5 Å². The monoisotopic (exact) mass is 466 g/mol. The largest absolute Gasteiger partial charge is 0.319 e. The predicted molar refractivity (Wildman–Crippen MR) is 119 cm³/mol. The van der Waals surface area contributed by atoms with Gasteiger partial charge >= 0.3 is 0 Å². The number of carbonyl (C=O) groups excluding carboxylic acids is 1. The number of aryl methyl sites for hydroxylation is 1. The fourth-order valence-corrected chi connectivity index (χ4v) is 3.17. The molecule has 4 aromatic rings. The molecule has 1 heterocycles. The average Bonchev–Trinajstić information content (AvgIpc) is 3.16. The van der Waals surface area contributed by atoms with Crippen LogP contribution in [-0.2, 0) is 0 Å². The van der Waals surface area contributed by atoms with Gasteiger partial charge in [-0.25, -0.2) is 9.67 Å². The summed E-state index contributed by atoms with van der Waals surface area (Å²) < 4.78 is 2.63. The van der Waals surface area contributed by atoms with Crippen LogP contribution in [-0.4, -0.2) is 20.7 Å². The lowest BCUT2D eigenvalue weighted by atomic mass is 10.1. The molecule has 5 nitrogen and oxygen atoms in total. The molecular formula is C22H16BrClN4O. The van der Waals surface area contributed by atoms with E-state index in [1.54, 1.807) is 28.9 Å². The highest BCUT2D eigenvalue weighted by atomic mass is 79.9. The highest BCUT2D eigenvalue weighted by Gasteiger charge is 2.19. The summed E-state index contributed by atoms with van der Waals surface area (Å²) in [5, 5.41) is 7.88. The van der Waals surface area contributed by atoms with Crippen LogP contribution in [0.4, 0.5) is 5.69 Å². The maximum absolute atomic E-state index is 12.7. The zero-order valence-corrected chi connectivity index (χ0v) is 17.8. The van der Waals surface area contributed by atoms with E-state index in [0.29, 0.717) is 16.5 Å². The Hall–Kier alpha value is -2.96. The second-order valence-corrected chi connectivity index (χ2v) is 7.83. The third-order valence-electron chi connectivity index (χ3n) is 4.29. The average molecular weight is 468 g/mol. The Kier molecular flexibility index (Phi) is 5.47. The summed E-state index contributed by atoms with van der Waals surface area (Å²) >= 11 is 9.34. The van der Waals surface area contributed by atoms with Crippen molar-refractivity contribution in [2.75, 3.05) is 5.32 Å². The van der Waals surface area contributed by atoms with Crippen LogP contribution in [0.5, 0.6) is 0 Å². The van der Waals surface area contributed by atoms with E-state index in [2.05, 4.69) is 31.3 Å². The molecule has 7 heteroatoms. The van der Waals surface area contributed by atoms with Gasteiger partial charge in [0.15, 0.2) is 5.82 Å². The van der Waals surface area contributed by atoms with Gasteiger partial charge in [0.2, 0.25) is 5.82 Å². The molecule has 0 saturated heterocycles. The first-order chi connectivity index (χ1) is 14.0. The van der Waals surface area contributed by atoms with Crippen molar-refractivity contribution in [2.45, 2.75) is 6.92 Å². The molecule has 4 rings (SSSR count). The molecule has 0 bridgehead atoms. The first kappa shape index (κ1) is 19.4. The maximum atomic E-state index is 12.7. The molecule has 0 aliphatic rings. The van der Waals surface area contributed by atoms with Crippen LogP contribution in [0.1, 0.15) is 16.2 Å². The Morgan fingerprint density at radius 2 is 1.62 bits per heavy atom. The highest BCUT2D eigenvalue weighted by Crippen LogP contribution is 2.23. The molecule has 1 N–H and O–H groups in total. The third-order valence-corrected chi connectivity index (χ3v) is 5.07. The van der Waals surface area contributed by atoms with Crippen molar-refractivity contribution in [1.29, 1.82) is 0 Å². The molecule has 29 heavy (non-hydrogen) atoms. The Balaban J connectivity index is 1.74. The van der Waals surface area contributed by atoms with Crippen molar-refractivity contribution in [1.82, 2.24) is 14.8 Å². The molecule has 0 spiro atoms. The standard InChI is InChI=1S/C22H16BrClN4O/c1-14-2-4-15(5-3-14)21-26-20(22(29)25-18-10-8-17(24)9-11-18)27-28(21)19-12-6-16(23)7-13-19/h2-13H,1H3,(H,25,29). The minimum Gasteiger partial charge on any atom is -0.319 e. The van der Waals surface area contributed by atoms with Crippen molar-refractivity contribution in [3.63, 3.8) is 0 Å². The van der Waals surface area contributed by atoms with Crippen LogP contribution in [0.15, 0.2) is 77.3 Å². The molecule has 0 unspecified atom stereocenters. The molecule has 0 radical (unpaired) electrons. The molecule has 1 aromatic heterocycles. The lowest BCUT2D eigenvalue weighted by Gasteiger charge is -2.06. The van der Waals surface area contributed by atoms with Gasteiger partial charge < -0.3 is 5.32 Å². The quantitative estimate of drug-likeness (QED) is 0.406. The number of nitrogens with zero attached hydrogens (tertiary/aromatic N) is 3. The maximum Gasteiger partial charge on any atom is 0.295 e. The first-order valence-electron chi connectivity index (χ1n) is 8.86. The minimum atomic E-state index is -0.392. The van der Waals surface area contributed by atoms with Crippen LogP contribution >= 0.6 is 27.5 Å². The zero-order chi connectivity index (χ0) is 20.4. The smallest absolute Gasteiger partial charge is 0.295 e. The second kappa shape index (κ2) is 8.19. The summed E-state index contributed by atoms with van der Waals surface area (Å²) in [6.07, 6.45) is 0. The van der Waals surface area contributed by atoms with Gasteiger partial charge in [0.1, 0.15) is 0 Å². The molecule has 1 amide bonds. The summed E-state index contributed by atoms with van der Waals surface area (Å²) in [5.74, 6) is 0.281. The summed E-state index contributed by atoms with van der Waals surface area (Å²) in [6, 6.07) is 22.5. The van der Waals surface area contributed by atoms with Gasteiger partial charge in [-0.15, -0.1) is 5.10 Å². The SMILES string of the molecule is Cc1ccc(-c2nc(C(=O)Nc3ccc(Cl)cc3)nn2-c2ccc(Br)cc2)cc1. The van der Waals surface area contributed by atoms with Gasteiger partial charge in [0.05, 0.1) is 5.69 Å². The summed E-state index contributed by atoms with van der Waals surface area (Å²) in [4.78, 5) is 17.3. The topological polar surface area (TPSA) is 59.8 Å². The molecular weight excluding hydrogens is 452 g/mol. The lowest BCUT2D eigenvalue weighted by Crippen LogP contribution is -2.14. The number of halogens is 2. The molecule has 0 aliphatic heterocycles. The first-order valence-corrected chi connectivity index (χ1v) is 10.0. The van der Waals surface area contributed by atoms with Crippen LogP contribution in [0.25, 0.3) is 17.1 Å². The van der Waals surface area contributed by atoms with Crippen molar-refractivity contribution in [2.24, 2.45) is 0 Å². The number of hydrogen-bond donors (Lipinski definition) is 1. The molecule has 0 saturated carbocycles. The van der Waals surface area contributed by atoms with Crippen molar-refractivity contribution >= 4 is 39.1 Å². The highest BCUT2D eigenvalue weighted by molar-refractivity contribution is 9.10. The predicted octanol–water partition coefficient (Wildman–Crippen LogP) is 5.91. The van der Waals surface area contributed by atoms with Crippen molar-refractivity contribution < 1.29 is 4.79 Å². The van der Waals surface area contributed by atoms with E-state index in [1.165, 1.54) is 0 Å². The number of benzene rings is 3. The Morgan fingerprint density at radius 1 is 0.966 bits per heavy atom. The van der Waals surface area contributed by atoms with Gasteiger partial charge in [0.25, 0.3) is 5.91 Å². The van der Waals surface area contributed by atoms with E-state index in [0.717, 1.165) is 21.3 Å². The van der Waals surface area contributed by atoms with Gasteiger partial charge in [-0.05, 0) is 55.5 Å². The number of anilines is 1. The Bertz CT molecular complexity index is 1090. The molecule has 0 atom stereocenters. The van der Waals surface area contributed by atoms with Crippen LogP contribution in [0.2, 0.25) is 5.02 Å². The fraction of sp³-hybridized carbons (Fsp3) is 0.0455.